The number of fused-ring (bicyclic) bond motifs is 1. The predicted octanol–water partition coefficient (Wildman–Crippen LogP) is 6.67. The van der Waals surface area contributed by atoms with E-state index in [0.717, 1.165) is 12.8 Å². The van der Waals surface area contributed by atoms with Crippen molar-refractivity contribution in [1.29, 1.82) is 5.26 Å². The molecule has 1 aromatic heterocycles. The summed E-state index contributed by atoms with van der Waals surface area (Å²) in [6.07, 6.45) is 2.10. The number of rotatable bonds is 10. The highest BCUT2D eigenvalue weighted by Gasteiger charge is 2.33. The summed E-state index contributed by atoms with van der Waals surface area (Å²) >= 11 is 9.60. The average molecular weight is 708 g/mol. The lowest BCUT2D eigenvalue weighted by molar-refractivity contribution is 0.0706. The number of nitrogens with zero attached hydrogens (tertiary/aromatic N) is 4. The summed E-state index contributed by atoms with van der Waals surface area (Å²) in [4.78, 5) is 43.2. The molecule has 1 atom stereocenters. The number of aromatic nitrogens is 2. The molecule has 4 aromatic rings. The van der Waals surface area contributed by atoms with Crippen LogP contribution in [0, 0.1) is 17.1 Å². The van der Waals surface area contributed by atoms with Gasteiger partial charge in [-0.2, -0.15) is 5.26 Å². The number of Topliss-reactive ketones (excluding diaryl/α,β-unsaturated/α-hetero) is 1. The number of carbonyl (C=O) groups is 2. The number of benzene rings is 3. The van der Waals surface area contributed by atoms with Crippen LogP contribution in [-0.2, 0) is 13.1 Å². The van der Waals surface area contributed by atoms with Gasteiger partial charge in [0.2, 0.25) is 0 Å². The third kappa shape index (κ3) is 6.46. The maximum absolute atomic E-state index is 15.1. The van der Waals surface area contributed by atoms with Crippen LogP contribution in [0.25, 0.3) is 5.69 Å². The van der Waals surface area contributed by atoms with Crippen molar-refractivity contribution < 1.29 is 23.5 Å². The largest absolute Gasteiger partial charge is 0.490 e. The van der Waals surface area contributed by atoms with Crippen molar-refractivity contribution in [3.63, 3.8) is 0 Å². The number of ketones is 1. The molecule has 1 fully saturated rings. The first kappa shape index (κ1) is 31.6. The van der Waals surface area contributed by atoms with Crippen LogP contribution in [-0.4, -0.2) is 45.0 Å². The number of imidazole rings is 1. The molecule has 1 amide bonds. The number of carbonyl (C=O) groups excluding carboxylic acids is 2. The molecule has 0 N–H and O–H groups in total. The maximum Gasteiger partial charge on any atom is 0.333 e. The maximum atomic E-state index is 15.1. The third-order valence-electron chi connectivity index (χ3n) is 8.12. The smallest absolute Gasteiger partial charge is 0.333 e. The Labute approximate surface area is 277 Å². The molecule has 1 aliphatic heterocycles. The van der Waals surface area contributed by atoms with Crippen molar-refractivity contribution in [2.24, 2.45) is 0 Å². The molecular weight excluding hydrogens is 679 g/mol. The Balaban J connectivity index is 1.35. The standard InChI is InChI=1S/C34H29BrClFN4O5/c1-20(26-10-9-25(18-29(26)37)45-15-12-38)16-31(42)32-30-19-39(33(43)21-2-11-27(35)28(36)17-21)13-14-40(30)34(44)41(32)22-3-5-23(6-4-22)46-24-7-8-24/h2-6,9-11,17-18,20,24H,7-8,13-16,19H2,1H3/t20-/m1/s1. The molecule has 2 heterocycles. The Hall–Kier alpha value is -4.40. The van der Waals surface area contributed by atoms with Crippen molar-refractivity contribution in [3.05, 3.63) is 109 Å². The molecule has 46 heavy (non-hydrogen) atoms. The van der Waals surface area contributed by atoms with Crippen molar-refractivity contribution in [3.8, 4) is 23.3 Å². The zero-order chi connectivity index (χ0) is 32.5. The molecule has 3 aromatic carbocycles. The number of ether oxygens (including phenoxy) is 2. The minimum atomic E-state index is -0.566. The first-order chi connectivity index (χ1) is 22.1. The Morgan fingerprint density at radius 2 is 1.83 bits per heavy atom. The summed E-state index contributed by atoms with van der Waals surface area (Å²) in [7, 11) is 0. The minimum Gasteiger partial charge on any atom is -0.490 e. The zero-order valence-corrected chi connectivity index (χ0v) is 27.2. The molecule has 2 aliphatic rings. The molecule has 1 saturated carbocycles. The molecule has 0 bridgehead atoms. The van der Waals surface area contributed by atoms with Gasteiger partial charge in [0.25, 0.3) is 5.91 Å². The number of halogens is 3. The molecule has 0 radical (unpaired) electrons. The van der Waals surface area contributed by atoms with Gasteiger partial charge in [0.15, 0.2) is 12.4 Å². The zero-order valence-electron chi connectivity index (χ0n) is 24.8. The van der Waals surface area contributed by atoms with E-state index in [4.69, 9.17) is 26.3 Å². The van der Waals surface area contributed by atoms with Gasteiger partial charge in [-0.05, 0) is 88.8 Å². The second-order valence-electron chi connectivity index (χ2n) is 11.4. The fourth-order valence-electron chi connectivity index (χ4n) is 5.62. The number of nitriles is 1. The van der Waals surface area contributed by atoms with E-state index < -0.39 is 17.4 Å². The fourth-order valence-corrected chi connectivity index (χ4v) is 6.05. The quantitative estimate of drug-likeness (QED) is 0.171. The molecule has 0 spiro atoms. The van der Waals surface area contributed by atoms with Crippen LogP contribution < -0.4 is 15.2 Å². The highest BCUT2D eigenvalue weighted by molar-refractivity contribution is 9.10. The van der Waals surface area contributed by atoms with Crippen LogP contribution in [0.15, 0.2) is 69.9 Å². The highest BCUT2D eigenvalue weighted by atomic mass is 79.9. The van der Waals surface area contributed by atoms with Crippen LogP contribution in [0.2, 0.25) is 5.02 Å². The molecule has 236 valence electrons. The Bertz CT molecular complexity index is 1930. The second kappa shape index (κ2) is 13.1. The minimum absolute atomic E-state index is 0.0202. The molecule has 0 unspecified atom stereocenters. The van der Waals surface area contributed by atoms with E-state index in [1.54, 1.807) is 60.4 Å². The van der Waals surface area contributed by atoms with Crippen molar-refractivity contribution in [2.75, 3.05) is 13.2 Å². The molecule has 12 heteroatoms. The lowest BCUT2D eigenvalue weighted by atomic mass is 9.93. The topological polar surface area (TPSA) is 107 Å². The van der Waals surface area contributed by atoms with Crippen LogP contribution in [0.5, 0.6) is 11.5 Å². The lowest BCUT2D eigenvalue weighted by Crippen LogP contribution is -2.41. The van der Waals surface area contributed by atoms with E-state index in [1.165, 1.54) is 21.3 Å². The van der Waals surface area contributed by atoms with E-state index in [9.17, 15) is 14.4 Å². The van der Waals surface area contributed by atoms with Crippen LogP contribution in [0.3, 0.4) is 0 Å². The van der Waals surface area contributed by atoms with Gasteiger partial charge in [-0.3, -0.25) is 18.7 Å². The van der Waals surface area contributed by atoms with E-state index >= 15 is 4.39 Å². The van der Waals surface area contributed by atoms with Gasteiger partial charge in [0, 0.05) is 35.6 Å². The van der Waals surface area contributed by atoms with Crippen molar-refractivity contribution in [1.82, 2.24) is 14.0 Å². The van der Waals surface area contributed by atoms with Crippen LogP contribution in [0.1, 0.15) is 64.2 Å². The SMILES string of the molecule is C[C@H](CC(=O)c1c2n(c(=O)n1-c1ccc(OC3CC3)cc1)CCN(C(=O)c1ccc(Br)c(Cl)c1)C2)c1ccc(OCC#N)cc1F. The van der Waals surface area contributed by atoms with Crippen LogP contribution >= 0.6 is 27.5 Å². The summed E-state index contributed by atoms with van der Waals surface area (Å²) in [5.74, 6) is -0.896. The predicted molar refractivity (Wildman–Crippen MR) is 172 cm³/mol. The number of hydrogen-bond donors (Lipinski definition) is 0. The summed E-state index contributed by atoms with van der Waals surface area (Å²) in [6, 6.07) is 18.1. The molecule has 9 nitrogen and oxygen atoms in total. The van der Waals surface area contributed by atoms with E-state index in [0.29, 0.717) is 37.8 Å². The summed E-state index contributed by atoms with van der Waals surface area (Å²) in [5.41, 5.74) is 1.32. The Morgan fingerprint density at radius 1 is 1.09 bits per heavy atom. The van der Waals surface area contributed by atoms with Gasteiger partial charge in [0.1, 0.15) is 29.1 Å². The average Bonchev–Trinajstić information content (AvgIpc) is 3.82. The second-order valence-corrected chi connectivity index (χ2v) is 12.7. The van der Waals surface area contributed by atoms with Crippen molar-refractivity contribution in [2.45, 2.75) is 51.3 Å². The molecule has 0 saturated heterocycles. The molecule has 1 aliphatic carbocycles. The Morgan fingerprint density at radius 3 is 2.50 bits per heavy atom. The van der Waals surface area contributed by atoms with E-state index in [2.05, 4.69) is 15.9 Å². The van der Waals surface area contributed by atoms with Crippen molar-refractivity contribution >= 4 is 39.2 Å². The van der Waals surface area contributed by atoms with Gasteiger partial charge in [-0.15, -0.1) is 0 Å². The Kier molecular flexibility index (Phi) is 9.02. The first-order valence-corrected chi connectivity index (χ1v) is 16.0. The van der Waals surface area contributed by atoms with Gasteiger partial charge < -0.3 is 14.4 Å². The molecule has 6 rings (SSSR count). The van der Waals surface area contributed by atoms with Gasteiger partial charge in [-0.25, -0.2) is 9.18 Å². The van der Waals surface area contributed by atoms with Gasteiger partial charge >= 0.3 is 5.69 Å². The van der Waals surface area contributed by atoms with E-state index in [1.807, 2.05) is 6.07 Å². The number of amides is 1. The molecular formula is C34H29BrClFN4O5. The first-order valence-electron chi connectivity index (χ1n) is 14.8. The number of hydrogen-bond acceptors (Lipinski definition) is 6. The summed E-state index contributed by atoms with van der Waals surface area (Å²) in [6.45, 7) is 1.98. The summed E-state index contributed by atoms with van der Waals surface area (Å²) < 4.78 is 29.7. The van der Waals surface area contributed by atoms with Gasteiger partial charge in [-0.1, -0.05) is 24.6 Å². The summed E-state index contributed by atoms with van der Waals surface area (Å²) in [5, 5.41) is 9.14. The van der Waals surface area contributed by atoms with Crippen LogP contribution in [0.4, 0.5) is 4.39 Å². The lowest BCUT2D eigenvalue weighted by Gasteiger charge is -2.28. The fraction of sp³-hybridized carbons (Fsp3) is 0.294. The third-order valence-corrected chi connectivity index (χ3v) is 9.35. The normalized spacial score (nSPS) is 14.7. The monoisotopic (exact) mass is 706 g/mol. The van der Waals surface area contributed by atoms with E-state index in [-0.39, 0.29) is 61.9 Å². The highest BCUT2D eigenvalue weighted by Crippen LogP contribution is 2.31. The van der Waals surface area contributed by atoms with Gasteiger partial charge in [0.05, 0.1) is 29.1 Å².